The lowest BCUT2D eigenvalue weighted by Crippen LogP contribution is -2.56. The molecule has 1 saturated heterocycles. The highest BCUT2D eigenvalue weighted by atomic mass is 16.5. The van der Waals surface area contributed by atoms with Crippen molar-refractivity contribution in [3.63, 3.8) is 0 Å². The van der Waals surface area contributed by atoms with Crippen molar-refractivity contribution in [2.75, 3.05) is 11.9 Å². The standard InChI is InChI=1S/C24H30N2O4/c1-15(27)25-19-4-6-20(7-5-19)30-22(28)21-3-2-8-26(21)23(29)24-12-16-9-17(13-24)11-18(10-16)14-24/h4-7,16-18,21H,2-3,8-14H2,1H3,(H,25,27). The Bertz CT molecular complexity index is 827. The van der Waals surface area contributed by atoms with E-state index in [0.29, 0.717) is 42.2 Å². The minimum Gasteiger partial charge on any atom is -0.425 e. The Hall–Kier alpha value is -2.37. The van der Waals surface area contributed by atoms with Gasteiger partial charge in [0.25, 0.3) is 0 Å². The molecule has 0 aromatic heterocycles. The Morgan fingerprint density at radius 3 is 2.17 bits per heavy atom. The lowest BCUT2D eigenvalue weighted by molar-refractivity contribution is -0.162. The van der Waals surface area contributed by atoms with E-state index in [1.807, 2.05) is 4.90 Å². The van der Waals surface area contributed by atoms with Gasteiger partial charge in [0, 0.05) is 19.2 Å². The number of hydrogen-bond acceptors (Lipinski definition) is 4. The Labute approximate surface area is 177 Å². The maximum absolute atomic E-state index is 13.7. The first-order valence-electron chi connectivity index (χ1n) is 11.3. The summed E-state index contributed by atoms with van der Waals surface area (Å²) in [5.74, 6) is 2.26. The van der Waals surface area contributed by atoms with Crippen molar-refractivity contribution in [3.05, 3.63) is 24.3 Å². The Morgan fingerprint density at radius 2 is 1.60 bits per heavy atom. The number of nitrogens with one attached hydrogen (secondary N) is 1. The minimum absolute atomic E-state index is 0.149. The first-order valence-corrected chi connectivity index (χ1v) is 11.3. The number of carbonyl (C=O) groups excluding carboxylic acids is 3. The molecule has 1 atom stereocenters. The maximum Gasteiger partial charge on any atom is 0.334 e. The molecular weight excluding hydrogens is 380 g/mol. The van der Waals surface area contributed by atoms with E-state index in [2.05, 4.69) is 5.32 Å². The van der Waals surface area contributed by atoms with Gasteiger partial charge < -0.3 is 15.0 Å². The molecule has 5 aliphatic rings. The SMILES string of the molecule is CC(=O)Nc1ccc(OC(=O)C2CCCN2C(=O)C23CC4CC(CC(C4)C2)C3)cc1. The van der Waals surface area contributed by atoms with Crippen LogP contribution in [0, 0.1) is 23.2 Å². The number of hydrogen-bond donors (Lipinski definition) is 1. The molecule has 4 bridgehead atoms. The molecule has 1 aromatic rings. The van der Waals surface area contributed by atoms with E-state index in [1.54, 1.807) is 24.3 Å². The Kier molecular flexibility index (Phi) is 4.83. The second-order valence-electron chi connectivity index (χ2n) is 9.98. The molecule has 30 heavy (non-hydrogen) atoms. The average molecular weight is 411 g/mol. The van der Waals surface area contributed by atoms with E-state index in [0.717, 1.165) is 25.7 Å². The van der Waals surface area contributed by atoms with Gasteiger partial charge >= 0.3 is 5.97 Å². The van der Waals surface area contributed by atoms with Crippen molar-refractivity contribution in [1.82, 2.24) is 4.90 Å². The number of anilines is 1. The molecule has 5 fully saturated rings. The normalized spacial score (nSPS) is 34.1. The number of nitrogens with zero attached hydrogens (tertiary/aromatic N) is 1. The highest BCUT2D eigenvalue weighted by molar-refractivity contribution is 5.90. The van der Waals surface area contributed by atoms with Crippen LogP contribution in [0.4, 0.5) is 5.69 Å². The summed E-state index contributed by atoms with van der Waals surface area (Å²) in [5, 5.41) is 2.69. The largest absolute Gasteiger partial charge is 0.425 e. The molecule has 6 heteroatoms. The number of esters is 1. The highest BCUT2D eigenvalue weighted by Gasteiger charge is 2.57. The van der Waals surface area contributed by atoms with E-state index in [1.165, 1.54) is 26.2 Å². The summed E-state index contributed by atoms with van der Waals surface area (Å²) in [4.78, 5) is 39.6. The molecular formula is C24H30N2O4. The van der Waals surface area contributed by atoms with Gasteiger partial charge in [0.05, 0.1) is 5.41 Å². The lowest BCUT2D eigenvalue weighted by atomic mass is 9.49. The zero-order chi connectivity index (χ0) is 20.9. The molecule has 1 N–H and O–H groups in total. The summed E-state index contributed by atoms with van der Waals surface area (Å²) in [6.45, 7) is 2.10. The van der Waals surface area contributed by atoms with Crippen molar-refractivity contribution in [2.45, 2.75) is 64.3 Å². The van der Waals surface area contributed by atoms with Gasteiger partial charge in [-0.15, -0.1) is 0 Å². The van der Waals surface area contributed by atoms with Gasteiger partial charge in [-0.3, -0.25) is 9.59 Å². The van der Waals surface area contributed by atoms with Crippen molar-refractivity contribution >= 4 is 23.5 Å². The van der Waals surface area contributed by atoms with Crippen LogP contribution in [0.2, 0.25) is 0 Å². The van der Waals surface area contributed by atoms with Crippen molar-refractivity contribution in [3.8, 4) is 5.75 Å². The fourth-order valence-electron chi connectivity index (χ4n) is 6.93. The van der Waals surface area contributed by atoms with Crippen LogP contribution in [0.15, 0.2) is 24.3 Å². The monoisotopic (exact) mass is 410 g/mol. The smallest absolute Gasteiger partial charge is 0.334 e. The summed E-state index contributed by atoms with van der Waals surface area (Å²) < 4.78 is 5.61. The number of benzene rings is 1. The molecule has 1 aromatic carbocycles. The van der Waals surface area contributed by atoms with Gasteiger partial charge in [0.2, 0.25) is 11.8 Å². The molecule has 1 unspecified atom stereocenters. The average Bonchev–Trinajstić information content (AvgIpc) is 3.17. The number of likely N-dealkylation sites (tertiary alicyclic amines) is 1. The predicted molar refractivity (Wildman–Crippen MR) is 112 cm³/mol. The van der Waals surface area contributed by atoms with Crippen molar-refractivity contribution < 1.29 is 19.1 Å². The molecule has 160 valence electrons. The zero-order valence-electron chi connectivity index (χ0n) is 17.6. The molecule has 0 radical (unpaired) electrons. The Morgan fingerprint density at radius 1 is 1.00 bits per heavy atom. The molecule has 4 aliphatic carbocycles. The summed E-state index contributed by atoms with van der Waals surface area (Å²) in [6, 6.07) is 6.27. The molecule has 2 amide bonds. The molecule has 1 heterocycles. The maximum atomic E-state index is 13.7. The Balaban J connectivity index is 1.27. The first-order chi connectivity index (χ1) is 14.4. The summed E-state index contributed by atoms with van der Waals surface area (Å²) in [6.07, 6.45) is 8.45. The molecule has 4 saturated carbocycles. The van der Waals surface area contributed by atoms with Crippen LogP contribution in [0.5, 0.6) is 5.75 Å². The van der Waals surface area contributed by atoms with E-state index in [9.17, 15) is 14.4 Å². The van der Waals surface area contributed by atoms with Crippen LogP contribution >= 0.6 is 0 Å². The van der Waals surface area contributed by atoms with Gasteiger partial charge in [-0.2, -0.15) is 0 Å². The van der Waals surface area contributed by atoms with Gasteiger partial charge in [0.15, 0.2) is 0 Å². The third kappa shape index (κ3) is 3.50. The van der Waals surface area contributed by atoms with Gasteiger partial charge in [-0.05, 0) is 93.4 Å². The van der Waals surface area contributed by atoms with Crippen molar-refractivity contribution in [2.24, 2.45) is 23.2 Å². The summed E-state index contributed by atoms with van der Waals surface area (Å²) in [7, 11) is 0. The lowest BCUT2D eigenvalue weighted by Gasteiger charge is -2.56. The van der Waals surface area contributed by atoms with E-state index in [-0.39, 0.29) is 23.2 Å². The molecule has 6 nitrogen and oxygen atoms in total. The van der Waals surface area contributed by atoms with E-state index < -0.39 is 6.04 Å². The van der Waals surface area contributed by atoms with Crippen LogP contribution in [-0.2, 0) is 14.4 Å². The topological polar surface area (TPSA) is 75.7 Å². The third-order valence-corrected chi connectivity index (χ3v) is 7.67. The van der Waals surface area contributed by atoms with Gasteiger partial charge in [-0.25, -0.2) is 4.79 Å². The number of carbonyl (C=O) groups is 3. The van der Waals surface area contributed by atoms with Gasteiger partial charge in [-0.1, -0.05) is 0 Å². The fourth-order valence-corrected chi connectivity index (χ4v) is 6.93. The zero-order valence-corrected chi connectivity index (χ0v) is 17.6. The molecule has 0 spiro atoms. The molecule has 6 rings (SSSR count). The number of ether oxygens (including phenoxy) is 1. The van der Waals surface area contributed by atoms with Crippen LogP contribution in [0.25, 0.3) is 0 Å². The summed E-state index contributed by atoms with van der Waals surface area (Å²) in [5.41, 5.74) is 0.430. The van der Waals surface area contributed by atoms with Crippen molar-refractivity contribution in [1.29, 1.82) is 0 Å². The van der Waals surface area contributed by atoms with Crippen LogP contribution in [-0.4, -0.2) is 35.3 Å². The number of rotatable bonds is 4. The van der Waals surface area contributed by atoms with Crippen LogP contribution in [0.3, 0.4) is 0 Å². The fraction of sp³-hybridized carbons (Fsp3) is 0.625. The minimum atomic E-state index is -0.486. The second kappa shape index (κ2) is 7.40. The second-order valence-corrected chi connectivity index (χ2v) is 9.98. The van der Waals surface area contributed by atoms with E-state index >= 15 is 0 Å². The molecule has 1 aliphatic heterocycles. The van der Waals surface area contributed by atoms with Crippen LogP contribution in [0.1, 0.15) is 58.3 Å². The third-order valence-electron chi connectivity index (χ3n) is 7.67. The quantitative estimate of drug-likeness (QED) is 0.606. The highest BCUT2D eigenvalue weighted by Crippen LogP contribution is 2.60. The van der Waals surface area contributed by atoms with Crippen LogP contribution < -0.4 is 10.1 Å². The first kappa shape index (κ1) is 19.6. The van der Waals surface area contributed by atoms with E-state index in [4.69, 9.17) is 4.74 Å². The number of amides is 2. The predicted octanol–water partition coefficient (Wildman–Crippen LogP) is 3.76. The summed E-state index contributed by atoms with van der Waals surface area (Å²) >= 11 is 0. The van der Waals surface area contributed by atoms with Gasteiger partial charge in [0.1, 0.15) is 11.8 Å².